The molecule has 1 aromatic carbocycles. The Morgan fingerprint density at radius 1 is 1.24 bits per heavy atom. The van der Waals surface area contributed by atoms with Gasteiger partial charge in [0, 0.05) is 12.7 Å². The van der Waals surface area contributed by atoms with E-state index < -0.39 is 0 Å². The molecule has 3 nitrogen and oxygen atoms in total. The first-order valence-corrected chi connectivity index (χ1v) is 5.92. The van der Waals surface area contributed by atoms with E-state index in [0.717, 1.165) is 18.8 Å². The lowest BCUT2D eigenvalue weighted by molar-refractivity contribution is 0.656. The van der Waals surface area contributed by atoms with Crippen molar-refractivity contribution < 1.29 is 0 Å². The summed E-state index contributed by atoms with van der Waals surface area (Å²) in [7, 11) is 1.93. The molecule has 0 radical (unpaired) electrons. The summed E-state index contributed by atoms with van der Waals surface area (Å²) in [5.41, 5.74) is 5.04. The molecule has 1 heterocycles. The van der Waals surface area contributed by atoms with E-state index in [2.05, 4.69) is 48.5 Å². The minimum Gasteiger partial charge on any atom is -0.314 e. The summed E-state index contributed by atoms with van der Waals surface area (Å²) in [5.74, 6) is 0. The Kier molecular flexibility index (Phi) is 3.59. The topological polar surface area (TPSA) is 29.9 Å². The molecule has 3 heteroatoms. The van der Waals surface area contributed by atoms with Crippen LogP contribution < -0.4 is 5.32 Å². The molecular weight excluding hydrogens is 210 g/mol. The van der Waals surface area contributed by atoms with Gasteiger partial charge < -0.3 is 5.32 Å². The monoisotopic (exact) mass is 229 g/mol. The van der Waals surface area contributed by atoms with Gasteiger partial charge in [0.1, 0.15) is 0 Å². The van der Waals surface area contributed by atoms with Gasteiger partial charge in [-0.3, -0.25) is 4.68 Å². The van der Waals surface area contributed by atoms with Gasteiger partial charge in [-0.15, -0.1) is 0 Å². The fourth-order valence-corrected chi connectivity index (χ4v) is 1.91. The summed E-state index contributed by atoms with van der Waals surface area (Å²) >= 11 is 0. The van der Waals surface area contributed by atoms with Gasteiger partial charge >= 0.3 is 0 Å². The first-order chi connectivity index (χ1) is 8.19. The average Bonchev–Trinajstić information content (AvgIpc) is 2.72. The number of nitrogens with zero attached hydrogens (tertiary/aromatic N) is 2. The Hall–Kier alpha value is -1.61. The molecule has 0 aliphatic heterocycles. The second kappa shape index (κ2) is 5.15. The van der Waals surface area contributed by atoms with Crippen LogP contribution in [0.1, 0.15) is 22.4 Å². The maximum atomic E-state index is 4.52. The van der Waals surface area contributed by atoms with Crippen LogP contribution in [0.25, 0.3) is 0 Å². The summed E-state index contributed by atoms with van der Waals surface area (Å²) in [6.45, 7) is 5.93. The van der Waals surface area contributed by atoms with E-state index in [1.807, 2.05) is 17.9 Å². The van der Waals surface area contributed by atoms with E-state index >= 15 is 0 Å². The third-order valence-corrected chi connectivity index (χ3v) is 2.89. The van der Waals surface area contributed by atoms with Crippen LogP contribution in [0, 0.1) is 13.8 Å². The van der Waals surface area contributed by atoms with Crippen LogP contribution in [0.4, 0.5) is 0 Å². The van der Waals surface area contributed by atoms with Crippen LogP contribution in [-0.4, -0.2) is 16.8 Å². The van der Waals surface area contributed by atoms with E-state index in [1.165, 1.54) is 16.7 Å². The standard InChI is InChI=1S/C14H19N3/c1-11-4-5-12(2)13(8-11)10-17-7-6-14(16-17)9-15-3/h4-8,15H,9-10H2,1-3H3. The van der Waals surface area contributed by atoms with Gasteiger partial charge in [0.05, 0.1) is 12.2 Å². The highest BCUT2D eigenvalue weighted by molar-refractivity contribution is 5.30. The molecule has 0 atom stereocenters. The molecule has 0 spiro atoms. The smallest absolute Gasteiger partial charge is 0.0762 e. The summed E-state index contributed by atoms with van der Waals surface area (Å²) in [5, 5.41) is 7.63. The largest absolute Gasteiger partial charge is 0.314 e. The normalized spacial score (nSPS) is 10.8. The van der Waals surface area contributed by atoms with Gasteiger partial charge in [0.2, 0.25) is 0 Å². The zero-order chi connectivity index (χ0) is 12.3. The summed E-state index contributed by atoms with van der Waals surface area (Å²) < 4.78 is 1.99. The van der Waals surface area contributed by atoms with Crippen molar-refractivity contribution in [2.75, 3.05) is 7.05 Å². The van der Waals surface area contributed by atoms with Crippen LogP contribution in [-0.2, 0) is 13.1 Å². The van der Waals surface area contributed by atoms with Gasteiger partial charge in [-0.2, -0.15) is 5.10 Å². The highest BCUT2D eigenvalue weighted by atomic mass is 15.3. The summed E-state index contributed by atoms with van der Waals surface area (Å²) in [4.78, 5) is 0. The SMILES string of the molecule is CNCc1ccn(Cc2cc(C)ccc2C)n1. The van der Waals surface area contributed by atoms with Gasteiger partial charge in [0.15, 0.2) is 0 Å². The maximum Gasteiger partial charge on any atom is 0.0762 e. The van der Waals surface area contributed by atoms with Gasteiger partial charge in [-0.1, -0.05) is 23.8 Å². The Morgan fingerprint density at radius 2 is 2.06 bits per heavy atom. The number of hydrogen-bond donors (Lipinski definition) is 1. The molecule has 2 rings (SSSR count). The lowest BCUT2D eigenvalue weighted by Crippen LogP contribution is -2.08. The van der Waals surface area contributed by atoms with Crippen molar-refractivity contribution in [1.82, 2.24) is 15.1 Å². The third kappa shape index (κ3) is 2.94. The van der Waals surface area contributed by atoms with E-state index in [9.17, 15) is 0 Å². The van der Waals surface area contributed by atoms with E-state index in [1.54, 1.807) is 0 Å². The first kappa shape index (κ1) is 11.9. The molecule has 0 unspecified atom stereocenters. The van der Waals surface area contributed by atoms with Crippen LogP contribution in [0.15, 0.2) is 30.5 Å². The molecule has 0 fully saturated rings. The van der Waals surface area contributed by atoms with Crippen molar-refractivity contribution in [2.24, 2.45) is 0 Å². The maximum absolute atomic E-state index is 4.52. The molecule has 0 bridgehead atoms. The highest BCUT2D eigenvalue weighted by Crippen LogP contribution is 2.12. The summed E-state index contributed by atoms with van der Waals surface area (Å²) in [6.07, 6.45) is 2.04. The molecule has 17 heavy (non-hydrogen) atoms. The van der Waals surface area contributed by atoms with E-state index in [-0.39, 0.29) is 0 Å². The number of aromatic nitrogens is 2. The predicted molar refractivity (Wildman–Crippen MR) is 70.0 cm³/mol. The number of hydrogen-bond acceptors (Lipinski definition) is 2. The molecule has 0 aliphatic rings. The van der Waals surface area contributed by atoms with Crippen molar-refractivity contribution in [2.45, 2.75) is 26.9 Å². The summed E-state index contributed by atoms with van der Waals surface area (Å²) in [6, 6.07) is 8.60. The molecule has 0 aliphatic carbocycles. The molecule has 1 aromatic heterocycles. The van der Waals surface area contributed by atoms with E-state index in [0.29, 0.717) is 0 Å². The molecule has 0 saturated heterocycles. The first-order valence-electron chi connectivity index (χ1n) is 5.92. The molecule has 2 aromatic rings. The van der Waals surface area contributed by atoms with Gasteiger partial charge in [-0.05, 0) is 38.1 Å². The fraction of sp³-hybridized carbons (Fsp3) is 0.357. The highest BCUT2D eigenvalue weighted by Gasteiger charge is 2.02. The Morgan fingerprint density at radius 3 is 2.82 bits per heavy atom. The zero-order valence-corrected chi connectivity index (χ0v) is 10.7. The quantitative estimate of drug-likeness (QED) is 0.871. The Labute approximate surface area is 102 Å². The van der Waals surface area contributed by atoms with Crippen molar-refractivity contribution in [3.63, 3.8) is 0 Å². The number of rotatable bonds is 4. The number of nitrogens with one attached hydrogen (secondary N) is 1. The van der Waals surface area contributed by atoms with Gasteiger partial charge in [0.25, 0.3) is 0 Å². The average molecular weight is 229 g/mol. The van der Waals surface area contributed by atoms with Crippen molar-refractivity contribution in [1.29, 1.82) is 0 Å². The lowest BCUT2D eigenvalue weighted by atomic mass is 10.1. The fourth-order valence-electron chi connectivity index (χ4n) is 1.91. The van der Waals surface area contributed by atoms with E-state index in [4.69, 9.17) is 0 Å². The van der Waals surface area contributed by atoms with Crippen molar-refractivity contribution in [3.05, 3.63) is 52.8 Å². The molecule has 0 saturated carbocycles. The van der Waals surface area contributed by atoms with Crippen LogP contribution in [0.5, 0.6) is 0 Å². The van der Waals surface area contributed by atoms with Gasteiger partial charge in [-0.25, -0.2) is 0 Å². The number of benzene rings is 1. The Balaban J connectivity index is 2.16. The minimum atomic E-state index is 0.819. The predicted octanol–water partition coefficient (Wildman–Crippen LogP) is 2.27. The molecular formula is C14H19N3. The molecule has 90 valence electrons. The third-order valence-electron chi connectivity index (χ3n) is 2.89. The van der Waals surface area contributed by atoms with Crippen molar-refractivity contribution >= 4 is 0 Å². The second-order valence-electron chi connectivity index (χ2n) is 4.46. The van der Waals surface area contributed by atoms with Crippen molar-refractivity contribution in [3.8, 4) is 0 Å². The van der Waals surface area contributed by atoms with Crippen LogP contribution in [0.2, 0.25) is 0 Å². The zero-order valence-electron chi connectivity index (χ0n) is 10.7. The van der Waals surface area contributed by atoms with Crippen LogP contribution >= 0.6 is 0 Å². The number of aryl methyl sites for hydroxylation is 2. The Bertz CT molecular complexity index is 500. The van der Waals surface area contributed by atoms with Crippen LogP contribution in [0.3, 0.4) is 0 Å². The minimum absolute atomic E-state index is 0.819. The second-order valence-corrected chi connectivity index (χ2v) is 4.46. The molecule has 0 amide bonds. The molecule has 1 N–H and O–H groups in total. The lowest BCUT2D eigenvalue weighted by Gasteiger charge is -2.07.